The van der Waals surface area contributed by atoms with Crippen LogP contribution in [-0.2, 0) is 0 Å². The van der Waals surface area contributed by atoms with E-state index < -0.39 is 0 Å². The molecule has 0 atom stereocenters. The van der Waals surface area contributed by atoms with Gasteiger partial charge in [-0.25, -0.2) is 0 Å². The van der Waals surface area contributed by atoms with Gasteiger partial charge in [0.05, 0.1) is 10.6 Å². The molecule has 0 aliphatic heterocycles. The number of thiophene rings is 1. The van der Waals surface area contributed by atoms with Crippen LogP contribution in [0.3, 0.4) is 0 Å². The Hall–Kier alpha value is -0.870. The molecule has 66 valence electrons. The number of hydrogen-bond donors (Lipinski definition) is 2. The molecule has 4 heteroatoms. The van der Waals surface area contributed by atoms with Crippen molar-refractivity contribution in [3.05, 3.63) is 22.4 Å². The maximum Gasteiger partial charge on any atom is 0.0967 e. The van der Waals surface area contributed by atoms with Gasteiger partial charge in [-0.2, -0.15) is 0 Å². The van der Waals surface area contributed by atoms with E-state index in [0.29, 0.717) is 6.54 Å². The zero-order valence-electron chi connectivity index (χ0n) is 6.73. The first-order valence-corrected chi connectivity index (χ1v) is 4.71. The first-order valence-electron chi connectivity index (χ1n) is 3.83. The van der Waals surface area contributed by atoms with Gasteiger partial charge in [-0.05, 0) is 30.8 Å². The van der Waals surface area contributed by atoms with Crippen LogP contribution >= 0.6 is 11.3 Å². The van der Waals surface area contributed by atoms with Crippen LogP contribution in [0, 0.1) is 0 Å². The Morgan fingerprint density at radius 2 is 2.50 bits per heavy atom. The monoisotopic (exact) mass is 184 g/mol. The normalized spacial score (nSPS) is 11.9. The molecular formula is C8H12N2OS. The standard InChI is InChI=1S/C8H12N2OS/c9-5-1-3-7(10-11)8-4-2-6-12-8/h2,4,6,11H,1,3,5,9H2/b10-7-. The Labute approximate surface area is 75.5 Å². The van der Waals surface area contributed by atoms with E-state index in [-0.39, 0.29) is 0 Å². The van der Waals surface area contributed by atoms with E-state index in [1.165, 1.54) is 0 Å². The highest BCUT2D eigenvalue weighted by molar-refractivity contribution is 7.12. The zero-order valence-corrected chi connectivity index (χ0v) is 7.55. The van der Waals surface area contributed by atoms with Gasteiger partial charge >= 0.3 is 0 Å². The molecule has 0 radical (unpaired) electrons. The highest BCUT2D eigenvalue weighted by atomic mass is 32.1. The van der Waals surface area contributed by atoms with Gasteiger partial charge in [0.25, 0.3) is 0 Å². The van der Waals surface area contributed by atoms with Crippen LogP contribution in [0.5, 0.6) is 0 Å². The fraction of sp³-hybridized carbons (Fsp3) is 0.375. The lowest BCUT2D eigenvalue weighted by molar-refractivity contribution is 0.318. The lowest BCUT2D eigenvalue weighted by Gasteiger charge is -1.98. The van der Waals surface area contributed by atoms with E-state index in [2.05, 4.69) is 5.16 Å². The molecule has 0 aliphatic carbocycles. The third kappa shape index (κ3) is 2.32. The second-order valence-corrected chi connectivity index (χ2v) is 3.36. The van der Waals surface area contributed by atoms with E-state index >= 15 is 0 Å². The van der Waals surface area contributed by atoms with Gasteiger partial charge < -0.3 is 10.9 Å². The lowest BCUT2D eigenvalue weighted by Crippen LogP contribution is -2.04. The molecule has 0 bridgehead atoms. The summed E-state index contributed by atoms with van der Waals surface area (Å²) in [4.78, 5) is 1.02. The van der Waals surface area contributed by atoms with Crippen LogP contribution in [0.25, 0.3) is 0 Å². The SMILES string of the molecule is NCCC/C(=N/O)c1cccs1. The second-order valence-electron chi connectivity index (χ2n) is 2.42. The average Bonchev–Trinajstić information content (AvgIpc) is 2.59. The van der Waals surface area contributed by atoms with Gasteiger partial charge in [0.1, 0.15) is 0 Å². The minimum Gasteiger partial charge on any atom is -0.411 e. The quantitative estimate of drug-likeness (QED) is 0.425. The number of oxime groups is 1. The van der Waals surface area contributed by atoms with Crippen LogP contribution in [-0.4, -0.2) is 17.5 Å². The highest BCUT2D eigenvalue weighted by Crippen LogP contribution is 2.12. The van der Waals surface area contributed by atoms with Crippen molar-refractivity contribution in [2.45, 2.75) is 12.8 Å². The number of rotatable bonds is 4. The predicted octanol–water partition coefficient (Wildman–Crippen LogP) is 1.67. The molecule has 0 unspecified atom stereocenters. The maximum atomic E-state index is 8.68. The third-order valence-corrected chi connectivity index (χ3v) is 2.46. The molecule has 3 nitrogen and oxygen atoms in total. The molecule has 0 aliphatic rings. The molecule has 1 rings (SSSR count). The Kier molecular flexibility index (Phi) is 3.76. The first-order chi connectivity index (χ1) is 5.88. The predicted molar refractivity (Wildman–Crippen MR) is 50.9 cm³/mol. The van der Waals surface area contributed by atoms with E-state index in [9.17, 15) is 0 Å². The van der Waals surface area contributed by atoms with Gasteiger partial charge in [-0.1, -0.05) is 11.2 Å². The van der Waals surface area contributed by atoms with Gasteiger partial charge in [-0.3, -0.25) is 0 Å². The van der Waals surface area contributed by atoms with Crippen molar-refractivity contribution in [3.8, 4) is 0 Å². The van der Waals surface area contributed by atoms with Gasteiger partial charge in [0, 0.05) is 0 Å². The maximum absolute atomic E-state index is 8.68. The van der Waals surface area contributed by atoms with Gasteiger partial charge in [0.15, 0.2) is 0 Å². The van der Waals surface area contributed by atoms with Crippen LogP contribution < -0.4 is 5.73 Å². The van der Waals surface area contributed by atoms with Crippen molar-refractivity contribution in [1.29, 1.82) is 0 Å². The third-order valence-electron chi connectivity index (χ3n) is 1.54. The van der Waals surface area contributed by atoms with Crippen LogP contribution in [0.1, 0.15) is 17.7 Å². The van der Waals surface area contributed by atoms with Crippen molar-refractivity contribution in [1.82, 2.24) is 0 Å². The molecule has 3 N–H and O–H groups in total. The van der Waals surface area contributed by atoms with Crippen molar-refractivity contribution in [2.24, 2.45) is 10.9 Å². The van der Waals surface area contributed by atoms with Gasteiger partial charge in [-0.15, -0.1) is 11.3 Å². The highest BCUT2D eigenvalue weighted by Gasteiger charge is 2.03. The molecule has 0 fully saturated rings. The molecular weight excluding hydrogens is 172 g/mol. The van der Waals surface area contributed by atoms with Gasteiger partial charge in [0.2, 0.25) is 0 Å². The molecule has 12 heavy (non-hydrogen) atoms. The molecule has 0 amide bonds. The molecule has 0 saturated carbocycles. The average molecular weight is 184 g/mol. The van der Waals surface area contributed by atoms with Crippen molar-refractivity contribution < 1.29 is 5.21 Å². The Balaban J connectivity index is 2.59. The smallest absolute Gasteiger partial charge is 0.0967 e. The van der Waals surface area contributed by atoms with Crippen LogP contribution in [0.15, 0.2) is 22.7 Å². The van der Waals surface area contributed by atoms with E-state index in [1.807, 2.05) is 17.5 Å². The second kappa shape index (κ2) is 4.90. The lowest BCUT2D eigenvalue weighted by atomic mass is 10.2. The fourth-order valence-electron chi connectivity index (χ4n) is 0.935. The Bertz CT molecular complexity index is 244. The summed E-state index contributed by atoms with van der Waals surface area (Å²) in [5.41, 5.74) is 6.08. The van der Waals surface area contributed by atoms with E-state index in [4.69, 9.17) is 10.9 Å². The number of nitrogens with two attached hydrogens (primary N) is 1. The summed E-state index contributed by atoms with van der Waals surface area (Å²) in [5, 5.41) is 13.9. The summed E-state index contributed by atoms with van der Waals surface area (Å²) < 4.78 is 0. The summed E-state index contributed by atoms with van der Waals surface area (Å²) in [6.45, 7) is 0.629. The minimum atomic E-state index is 0.629. The van der Waals surface area contributed by atoms with Crippen molar-refractivity contribution in [3.63, 3.8) is 0 Å². The summed E-state index contributed by atoms with van der Waals surface area (Å²) >= 11 is 1.57. The van der Waals surface area contributed by atoms with Crippen LogP contribution in [0.4, 0.5) is 0 Å². The van der Waals surface area contributed by atoms with Crippen molar-refractivity contribution in [2.75, 3.05) is 6.54 Å². The largest absolute Gasteiger partial charge is 0.411 e. The topological polar surface area (TPSA) is 58.6 Å². The zero-order chi connectivity index (χ0) is 8.81. The summed E-state index contributed by atoms with van der Waals surface area (Å²) in [6, 6.07) is 3.88. The molecule has 0 spiro atoms. The number of hydrogen-bond acceptors (Lipinski definition) is 4. The minimum absolute atomic E-state index is 0.629. The summed E-state index contributed by atoms with van der Waals surface area (Å²) in [6.07, 6.45) is 1.60. The summed E-state index contributed by atoms with van der Waals surface area (Å²) in [5.74, 6) is 0. The fourth-order valence-corrected chi connectivity index (χ4v) is 1.67. The van der Waals surface area contributed by atoms with Crippen LogP contribution in [0.2, 0.25) is 0 Å². The molecule has 1 aromatic heterocycles. The molecule has 1 heterocycles. The Morgan fingerprint density at radius 1 is 1.67 bits per heavy atom. The summed E-state index contributed by atoms with van der Waals surface area (Å²) in [7, 11) is 0. The Morgan fingerprint density at radius 3 is 3.00 bits per heavy atom. The van der Waals surface area contributed by atoms with E-state index in [0.717, 1.165) is 23.4 Å². The molecule has 0 aromatic carbocycles. The molecule has 1 aromatic rings. The van der Waals surface area contributed by atoms with E-state index in [1.54, 1.807) is 11.3 Å². The first kappa shape index (κ1) is 9.22. The molecule has 0 saturated heterocycles. The number of nitrogens with zero attached hydrogens (tertiary/aromatic N) is 1. The van der Waals surface area contributed by atoms with Crippen molar-refractivity contribution >= 4 is 17.0 Å².